The Morgan fingerprint density at radius 3 is 2.24 bits per heavy atom. The van der Waals surface area contributed by atoms with Crippen molar-refractivity contribution in [2.75, 3.05) is 18.5 Å². The molecule has 0 heterocycles. The molecule has 0 radical (unpaired) electrons. The van der Waals surface area contributed by atoms with Crippen molar-refractivity contribution in [3.63, 3.8) is 0 Å². The summed E-state index contributed by atoms with van der Waals surface area (Å²) in [5.41, 5.74) is 0.901. The highest BCUT2D eigenvalue weighted by molar-refractivity contribution is 6.30. The van der Waals surface area contributed by atoms with E-state index in [4.69, 9.17) is 4.74 Å². The van der Waals surface area contributed by atoms with Crippen molar-refractivity contribution in [1.82, 2.24) is 5.32 Å². The molecule has 0 aliphatic heterocycles. The lowest BCUT2D eigenvalue weighted by atomic mass is 9.83. The number of fused-ring (bicyclic) bond motifs is 2. The van der Waals surface area contributed by atoms with Gasteiger partial charge in [0.15, 0.2) is 18.2 Å². The van der Waals surface area contributed by atoms with Crippen molar-refractivity contribution < 1.29 is 33.1 Å². The third kappa shape index (κ3) is 4.58. The van der Waals surface area contributed by atoms with Gasteiger partial charge in [-0.1, -0.05) is 42.5 Å². The maximum Gasteiger partial charge on any atom is 0.325 e. The van der Waals surface area contributed by atoms with Crippen LogP contribution in [0, 0.1) is 5.82 Å². The molecule has 0 saturated carbocycles. The van der Waals surface area contributed by atoms with Gasteiger partial charge < -0.3 is 15.4 Å². The molecule has 0 fully saturated rings. The van der Waals surface area contributed by atoms with Crippen molar-refractivity contribution in [2.24, 2.45) is 0 Å². The fourth-order valence-electron chi connectivity index (χ4n) is 3.52. The number of halogens is 1. The Balaban J connectivity index is 1.36. The number of ether oxygens (including phenoxy) is 1. The molecule has 34 heavy (non-hydrogen) atoms. The number of ketones is 2. The van der Waals surface area contributed by atoms with E-state index in [9.17, 15) is 28.4 Å². The molecule has 8 nitrogen and oxygen atoms in total. The first-order valence-corrected chi connectivity index (χ1v) is 10.2. The quantitative estimate of drug-likeness (QED) is 0.427. The maximum atomic E-state index is 13.2. The first kappa shape index (κ1) is 22.5. The smallest absolute Gasteiger partial charge is 0.325 e. The van der Waals surface area contributed by atoms with Crippen LogP contribution < -0.4 is 10.6 Å². The highest BCUT2D eigenvalue weighted by Gasteiger charge is 2.31. The van der Waals surface area contributed by atoms with E-state index in [1.165, 1.54) is 42.5 Å². The van der Waals surface area contributed by atoms with Crippen LogP contribution >= 0.6 is 0 Å². The molecule has 0 saturated heterocycles. The zero-order valence-corrected chi connectivity index (χ0v) is 17.6. The Morgan fingerprint density at radius 1 is 0.824 bits per heavy atom. The number of carbonyl (C=O) groups is 5. The summed E-state index contributed by atoms with van der Waals surface area (Å²) in [6.45, 7) is -1.22. The van der Waals surface area contributed by atoms with Crippen LogP contribution in [-0.2, 0) is 14.3 Å². The summed E-state index contributed by atoms with van der Waals surface area (Å²) in [7, 11) is 0. The fourth-order valence-corrected chi connectivity index (χ4v) is 3.52. The predicted molar refractivity (Wildman–Crippen MR) is 118 cm³/mol. The van der Waals surface area contributed by atoms with E-state index in [0.29, 0.717) is 0 Å². The molecule has 2 amide bonds. The number of hydrogen-bond acceptors (Lipinski definition) is 6. The van der Waals surface area contributed by atoms with Gasteiger partial charge in [0.25, 0.3) is 11.8 Å². The molecule has 1 aliphatic rings. The highest BCUT2D eigenvalue weighted by Crippen LogP contribution is 2.31. The number of nitrogens with one attached hydrogen (secondary N) is 2. The Labute approximate surface area is 192 Å². The van der Waals surface area contributed by atoms with Crippen molar-refractivity contribution in [2.45, 2.75) is 0 Å². The lowest BCUT2D eigenvalue weighted by Gasteiger charge is -2.20. The Bertz CT molecular complexity index is 1350. The van der Waals surface area contributed by atoms with Gasteiger partial charge in [-0.15, -0.1) is 0 Å². The number of carbonyl (C=O) groups excluding carboxylic acids is 5. The van der Waals surface area contributed by atoms with Crippen LogP contribution in [-0.4, -0.2) is 42.5 Å². The standard InChI is InChI=1S/C25H17FN2O6/c26-15-6-3-5-14(11-15)25(33)27-12-21(30)34-13-20(29)28-19-10-4-9-18-22(19)24(32)17-8-2-1-7-16(17)23(18)31/h1-11H,12-13H2,(H,27,33)(H,28,29). The van der Waals surface area contributed by atoms with Crippen LogP contribution in [0.5, 0.6) is 0 Å². The first-order valence-electron chi connectivity index (χ1n) is 10.2. The molecule has 0 unspecified atom stereocenters. The minimum Gasteiger partial charge on any atom is -0.454 e. The molecule has 3 aromatic rings. The maximum absolute atomic E-state index is 13.2. The average Bonchev–Trinajstić information content (AvgIpc) is 2.84. The van der Waals surface area contributed by atoms with Gasteiger partial charge in [0.2, 0.25) is 0 Å². The van der Waals surface area contributed by atoms with Crippen LogP contribution in [0.25, 0.3) is 0 Å². The minimum atomic E-state index is -0.893. The van der Waals surface area contributed by atoms with Gasteiger partial charge in [-0.05, 0) is 24.3 Å². The monoisotopic (exact) mass is 460 g/mol. The Hall–Kier alpha value is -4.66. The van der Waals surface area contributed by atoms with Crippen molar-refractivity contribution in [3.05, 3.63) is 100 Å². The zero-order valence-electron chi connectivity index (χ0n) is 17.6. The van der Waals surface area contributed by atoms with Crippen molar-refractivity contribution >= 4 is 35.0 Å². The second-order valence-corrected chi connectivity index (χ2v) is 7.33. The molecule has 2 N–H and O–H groups in total. The molecule has 0 atom stereocenters. The van der Waals surface area contributed by atoms with Gasteiger partial charge in [-0.2, -0.15) is 0 Å². The van der Waals surface area contributed by atoms with Gasteiger partial charge in [0, 0.05) is 22.3 Å². The summed E-state index contributed by atoms with van der Waals surface area (Å²) < 4.78 is 18.0. The van der Waals surface area contributed by atoms with Gasteiger partial charge in [-0.3, -0.25) is 24.0 Å². The number of esters is 1. The Morgan fingerprint density at radius 2 is 1.50 bits per heavy atom. The molecule has 1 aliphatic carbocycles. The minimum absolute atomic E-state index is 0.0279. The van der Waals surface area contributed by atoms with E-state index in [1.807, 2.05) is 0 Å². The zero-order chi connectivity index (χ0) is 24.2. The molecule has 170 valence electrons. The first-order chi connectivity index (χ1) is 16.3. The normalized spacial score (nSPS) is 11.8. The summed E-state index contributed by atoms with van der Waals surface area (Å²) in [6, 6.07) is 15.8. The van der Waals surface area contributed by atoms with E-state index in [2.05, 4.69) is 10.6 Å². The second kappa shape index (κ2) is 9.45. The van der Waals surface area contributed by atoms with Crippen LogP contribution in [0.1, 0.15) is 42.2 Å². The van der Waals surface area contributed by atoms with Gasteiger partial charge >= 0.3 is 5.97 Å². The molecular weight excluding hydrogens is 443 g/mol. The largest absolute Gasteiger partial charge is 0.454 e. The number of benzene rings is 3. The molecule has 9 heteroatoms. The molecule has 0 bridgehead atoms. The number of amides is 2. The van der Waals surface area contributed by atoms with Crippen molar-refractivity contribution in [1.29, 1.82) is 0 Å². The number of anilines is 1. The molecule has 4 rings (SSSR count). The molecule has 0 aromatic heterocycles. The summed E-state index contributed by atoms with van der Waals surface area (Å²) >= 11 is 0. The van der Waals surface area contributed by atoms with Crippen LogP contribution in [0.2, 0.25) is 0 Å². The average molecular weight is 460 g/mol. The van der Waals surface area contributed by atoms with Crippen LogP contribution in [0.4, 0.5) is 10.1 Å². The summed E-state index contributed by atoms with van der Waals surface area (Å²) in [6.07, 6.45) is 0. The molecular formula is C25H17FN2O6. The second-order valence-electron chi connectivity index (χ2n) is 7.33. The van der Waals surface area contributed by atoms with E-state index in [1.54, 1.807) is 18.2 Å². The van der Waals surface area contributed by atoms with E-state index in [-0.39, 0.29) is 39.3 Å². The topological polar surface area (TPSA) is 119 Å². The van der Waals surface area contributed by atoms with E-state index >= 15 is 0 Å². The van der Waals surface area contributed by atoms with Gasteiger partial charge in [-0.25, -0.2) is 4.39 Å². The van der Waals surface area contributed by atoms with Crippen molar-refractivity contribution in [3.8, 4) is 0 Å². The Kier molecular flexibility index (Phi) is 6.26. The predicted octanol–water partition coefficient (Wildman–Crippen LogP) is 2.51. The summed E-state index contributed by atoms with van der Waals surface area (Å²) in [5.74, 6) is -3.65. The number of hydrogen-bond donors (Lipinski definition) is 2. The van der Waals surface area contributed by atoms with Gasteiger partial charge in [0.1, 0.15) is 12.4 Å². The van der Waals surface area contributed by atoms with E-state index in [0.717, 1.165) is 6.07 Å². The lowest BCUT2D eigenvalue weighted by molar-refractivity contribution is -0.146. The van der Waals surface area contributed by atoms with Gasteiger partial charge in [0.05, 0.1) is 11.3 Å². The van der Waals surface area contributed by atoms with Crippen LogP contribution in [0.3, 0.4) is 0 Å². The molecule has 0 spiro atoms. The van der Waals surface area contributed by atoms with Crippen LogP contribution in [0.15, 0.2) is 66.7 Å². The highest BCUT2D eigenvalue weighted by atomic mass is 19.1. The lowest BCUT2D eigenvalue weighted by Crippen LogP contribution is -2.32. The third-order valence-electron chi connectivity index (χ3n) is 5.07. The summed E-state index contributed by atoms with van der Waals surface area (Å²) in [5, 5.41) is 4.75. The fraction of sp³-hybridized carbons (Fsp3) is 0.0800. The number of rotatable bonds is 6. The van der Waals surface area contributed by atoms with E-state index < -0.39 is 42.5 Å². The SMILES string of the molecule is O=C(COC(=O)CNC(=O)c1cccc(F)c1)Nc1cccc2c1C(=O)c1ccccc1C2=O. The third-order valence-corrected chi connectivity index (χ3v) is 5.07. The summed E-state index contributed by atoms with van der Waals surface area (Å²) in [4.78, 5) is 61.9. The molecule has 3 aromatic carbocycles.